The third-order valence-corrected chi connectivity index (χ3v) is 5.54. The van der Waals surface area contributed by atoms with Crippen LogP contribution in [0.3, 0.4) is 0 Å². The number of rotatable bonds is 6. The number of nitrogens with one attached hydrogen (secondary N) is 1. The first-order chi connectivity index (χ1) is 17.1. The van der Waals surface area contributed by atoms with Gasteiger partial charge in [0, 0.05) is 32.6 Å². The number of hydrogen-bond donors (Lipinski definition) is 1. The summed E-state index contributed by atoms with van der Waals surface area (Å²) in [6.45, 7) is 6.68. The Morgan fingerprint density at radius 2 is 1.61 bits per heavy atom. The summed E-state index contributed by atoms with van der Waals surface area (Å²) in [5.41, 5.74) is 1.39. The van der Waals surface area contributed by atoms with Crippen LogP contribution >= 0.6 is 0 Å². The summed E-state index contributed by atoms with van der Waals surface area (Å²) < 4.78 is 10.8. The normalized spacial score (nSPS) is 14.4. The summed E-state index contributed by atoms with van der Waals surface area (Å²) in [7, 11) is 0. The van der Waals surface area contributed by atoms with Crippen LogP contribution in [0, 0.1) is 11.3 Å². The van der Waals surface area contributed by atoms with Gasteiger partial charge in [-0.3, -0.25) is 4.79 Å². The largest absolute Gasteiger partial charge is 0.445 e. The topological polar surface area (TPSA) is 112 Å². The van der Waals surface area contributed by atoms with Gasteiger partial charge in [0.2, 0.25) is 5.91 Å². The van der Waals surface area contributed by atoms with Gasteiger partial charge in [-0.1, -0.05) is 42.5 Å². The number of nitrogens with zero attached hydrogens (tertiary/aromatic N) is 3. The maximum atomic E-state index is 13.4. The zero-order chi connectivity index (χ0) is 26.1. The molecule has 9 nitrogen and oxygen atoms in total. The van der Waals surface area contributed by atoms with Crippen molar-refractivity contribution in [2.45, 2.75) is 45.4 Å². The van der Waals surface area contributed by atoms with Crippen molar-refractivity contribution in [2.24, 2.45) is 0 Å². The molecule has 1 fully saturated rings. The van der Waals surface area contributed by atoms with E-state index in [2.05, 4.69) is 11.4 Å². The van der Waals surface area contributed by atoms with Gasteiger partial charge in [0.05, 0.1) is 11.6 Å². The van der Waals surface area contributed by atoms with Gasteiger partial charge in [-0.25, -0.2) is 9.59 Å². The van der Waals surface area contributed by atoms with E-state index in [1.54, 1.807) is 54.8 Å². The molecule has 1 aliphatic heterocycles. The zero-order valence-electron chi connectivity index (χ0n) is 20.9. The smallest absolute Gasteiger partial charge is 0.410 e. The molecule has 0 saturated carbocycles. The first kappa shape index (κ1) is 26.5. The van der Waals surface area contributed by atoms with Crippen LogP contribution in [0.25, 0.3) is 0 Å². The number of amides is 3. The van der Waals surface area contributed by atoms with E-state index in [0.717, 1.165) is 11.1 Å². The van der Waals surface area contributed by atoms with Gasteiger partial charge < -0.3 is 24.6 Å². The van der Waals surface area contributed by atoms with Crippen LogP contribution in [-0.4, -0.2) is 65.7 Å². The van der Waals surface area contributed by atoms with E-state index >= 15 is 0 Å². The number of carbonyl (C=O) groups is 3. The predicted molar refractivity (Wildman–Crippen MR) is 133 cm³/mol. The molecule has 36 heavy (non-hydrogen) atoms. The number of carbonyl (C=O) groups excluding carboxylic acids is 3. The highest BCUT2D eigenvalue weighted by Gasteiger charge is 2.31. The zero-order valence-corrected chi connectivity index (χ0v) is 20.9. The van der Waals surface area contributed by atoms with Crippen molar-refractivity contribution < 1.29 is 23.9 Å². The Balaban J connectivity index is 1.61. The lowest BCUT2D eigenvalue weighted by molar-refractivity contribution is -0.135. The Hall–Kier alpha value is -4.06. The molecule has 1 aliphatic rings. The molecule has 0 spiro atoms. The number of hydrogen-bond acceptors (Lipinski definition) is 6. The second-order valence-electron chi connectivity index (χ2n) is 9.57. The molecule has 3 amide bonds. The molecule has 0 unspecified atom stereocenters. The summed E-state index contributed by atoms with van der Waals surface area (Å²) in [6.07, 6.45) is -0.921. The molecular formula is C27H32N4O5. The lowest BCUT2D eigenvalue weighted by Gasteiger charge is -2.36. The number of benzene rings is 2. The predicted octanol–water partition coefficient (Wildman–Crippen LogP) is 3.48. The van der Waals surface area contributed by atoms with E-state index in [-0.39, 0.29) is 18.9 Å². The highest BCUT2D eigenvalue weighted by Crippen LogP contribution is 2.14. The fourth-order valence-electron chi connectivity index (χ4n) is 3.79. The van der Waals surface area contributed by atoms with Crippen LogP contribution < -0.4 is 5.32 Å². The molecule has 2 aromatic carbocycles. The van der Waals surface area contributed by atoms with Crippen LogP contribution in [0.5, 0.6) is 0 Å². The van der Waals surface area contributed by atoms with Crippen molar-refractivity contribution in [1.82, 2.24) is 15.1 Å². The fourth-order valence-corrected chi connectivity index (χ4v) is 3.79. The molecule has 1 atom stereocenters. The second kappa shape index (κ2) is 12.1. The Morgan fingerprint density at radius 3 is 2.25 bits per heavy atom. The number of alkyl carbamates (subject to hydrolysis) is 1. The molecule has 0 radical (unpaired) electrons. The van der Waals surface area contributed by atoms with E-state index < -0.39 is 23.8 Å². The van der Waals surface area contributed by atoms with Gasteiger partial charge in [-0.15, -0.1) is 0 Å². The maximum absolute atomic E-state index is 13.4. The van der Waals surface area contributed by atoms with Crippen molar-refractivity contribution in [1.29, 1.82) is 5.26 Å². The third kappa shape index (κ3) is 8.01. The Morgan fingerprint density at radius 1 is 0.972 bits per heavy atom. The lowest BCUT2D eigenvalue weighted by atomic mass is 10.0. The Kier molecular flexibility index (Phi) is 8.90. The average Bonchev–Trinajstić information content (AvgIpc) is 2.86. The molecule has 1 N–H and O–H groups in total. The molecular weight excluding hydrogens is 460 g/mol. The molecule has 0 bridgehead atoms. The summed E-state index contributed by atoms with van der Waals surface area (Å²) in [5.74, 6) is -0.277. The van der Waals surface area contributed by atoms with E-state index in [9.17, 15) is 19.6 Å². The molecule has 1 saturated heterocycles. The maximum Gasteiger partial charge on any atom is 0.410 e. The van der Waals surface area contributed by atoms with Crippen molar-refractivity contribution >= 4 is 18.1 Å². The van der Waals surface area contributed by atoms with Crippen LogP contribution in [0.15, 0.2) is 54.6 Å². The minimum absolute atomic E-state index is 0.183. The van der Waals surface area contributed by atoms with Crippen molar-refractivity contribution in [3.05, 3.63) is 71.3 Å². The Bertz CT molecular complexity index is 1100. The molecule has 0 aromatic heterocycles. The first-order valence-corrected chi connectivity index (χ1v) is 11.9. The summed E-state index contributed by atoms with van der Waals surface area (Å²) in [6, 6.07) is 17.5. The van der Waals surface area contributed by atoms with E-state index in [1.165, 1.54) is 0 Å². The van der Waals surface area contributed by atoms with Gasteiger partial charge in [0.25, 0.3) is 0 Å². The van der Waals surface area contributed by atoms with Gasteiger partial charge in [-0.2, -0.15) is 5.26 Å². The molecule has 1 heterocycles. The summed E-state index contributed by atoms with van der Waals surface area (Å²) >= 11 is 0. The van der Waals surface area contributed by atoms with Gasteiger partial charge >= 0.3 is 12.2 Å². The number of ether oxygens (including phenoxy) is 2. The molecule has 9 heteroatoms. The highest BCUT2D eigenvalue weighted by molar-refractivity contribution is 5.86. The third-order valence-electron chi connectivity index (χ3n) is 5.54. The highest BCUT2D eigenvalue weighted by atomic mass is 16.6. The molecule has 190 valence electrons. The minimum Gasteiger partial charge on any atom is -0.445 e. The van der Waals surface area contributed by atoms with Crippen molar-refractivity contribution in [2.75, 3.05) is 26.2 Å². The Labute approximate surface area is 211 Å². The van der Waals surface area contributed by atoms with E-state index in [0.29, 0.717) is 31.7 Å². The van der Waals surface area contributed by atoms with E-state index in [4.69, 9.17) is 9.47 Å². The van der Waals surface area contributed by atoms with E-state index in [1.807, 2.05) is 30.3 Å². The van der Waals surface area contributed by atoms with Crippen LogP contribution in [0.1, 0.15) is 37.5 Å². The summed E-state index contributed by atoms with van der Waals surface area (Å²) in [5, 5.41) is 11.9. The lowest BCUT2D eigenvalue weighted by Crippen LogP contribution is -2.56. The standard InChI is InChI=1S/C27H32N4O5/c1-27(2,3)36-25(33)29-23(17-21-10-7-11-22(16-21)18-28)24(32)30-12-14-31(15-13-30)26(34)35-19-20-8-5-4-6-9-20/h4-11,16,23H,12-15,17,19H2,1-3H3,(H,29,33)/t23-/m0/s1. The van der Waals surface area contributed by atoms with Gasteiger partial charge in [0.15, 0.2) is 0 Å². The van der Waals surface area contributed by atoms with Crippen molar-refractivity contribution in [3.8, 4) is 6.07 Å². The number of nitriles is 1. The molecule has 0 aliphatic carbocycles. The SMILES string of the molecule is CC(C)(C)OC(=O)N[C@@H](Cc1cccc(C#N)c1)C(=O)N1CCN(C(=O)OCc2ccccc2)CC1. The minimum atomic E-state index is -0.884. The fraction of sp³-hybridized carbons (Fsp3) is 0.407. The second-order valence-corrected chi connectivity index (χ2v) is 9.57. The first-order valence-electron chi connectivity index (χ1n) is 11.9. The van der Waals surface area contributed by atoms with Gasteiger partial charge in [-0.05, 0) is 44.0 Å². The molecule has 2 aromatic rings. The average molecular weight is 493 g/mol. The van der Waals surface area contributed by atoms with Crippen LogP contribution in [-0.2, 0) is 27.3 Å². The monoisotopic (exact) mass is 492 g/mol. The summed E-state index contributed by atoms with van der Waals surface area (Å²) in [4.78, 5) is 41.5. The van der Waals surface area contributed by atoms with Crippen LogP contribution in [0.4, 0.5) is 9.59 Å². The van der Waals surface area contributed by atoms with Crippen molar-refractivity contribution in [3.63, 3.8) is 0 Å². The number of piperazine rings is 1. The van der Waals surface area contributed by atoms with Gasteiger partial charge in [0.1, 0.15) is 18.2 Å². The molecule has 3 rings (SSSR count). The van der Waals surface area contributed by atoms with Crippen LogP contribution in [0.2, 0.25) is 0 Å². The quantitative estimate of drug-likeness (QED) is 0.661.